The molecule has 1 aliphatic heterocycles. The van der Waals surface area contributed by atoms with Crippen LogP contribution >= 0.6 is 0 Å². The van der Waals surface area contributed by atoms with Gasteiger partial charge in [-0.05, 0) is 58.6 Å². The van der Waals surface area contributed by atoms with Gasteiger partial charge < -0.3 is 16.0 Å². The number of piperidine rings is 1. The Morgan fingerprint density at radius 2 is 1.67 bits per heavy atom. The lowest BCUT2D eigenvalue weighted by Crippen LogP contribution is -2.62. The van der Waals surface area contributed by atoms with Crippen molar-refractivity contribution in [2.75, 3.05) is 5.32 Å². The van der Waals surface area contributed by atoms with Gasteiger partial charge in [-0.1, -0.05) is 25.1 Å². The van der Waals surface area contributed by atoms with Gasteiger partial charge in [-0.25, -0.2) is 0 Å². The van der Waals surface area contributed by atoms with E-state index in [0.717, 1.165) is 24.8 Å². The van der Waals surface area contributed by atoms with E-state index in [1.807, 2.05) is 31.2 Å². The Bertz CT molecular complexity index is 607. The summed E-state index contributed by atoms with van der Waals surface area (Å²) >= 11 is 0. The number of amides is 2. The van der Waals surface area contributed by atoms with Crippen LogP contribution < -0.4 is 16.0 Å². The van der Waals surface area contributed by atoms with Gasteiger partial charge in [0.25, 0.3) is 0 Å². The summed E-state index contributed by atoms with van der Waals surface area (Å²) in [4.78, 5) is 24.5. The maximum Gasteiger partial charge on any atom is 0.313 e. The van der Waals surface area contributed by atoms with Gasteiger partial charge in [0.1, 0.15) is 0 Å². The number of hydrogen-bond acceptors (Lipinski definition) is 3. The molecule has 3 N–H and O–H groups in total. The van der Waals surface area contributed by atoms with Crippen molar-refractivity contribution < 1.29 is 9.59 Å². The predicted molar refractivity (Wildman–Crippen MR) is 96.9 cm³/mol. The van der Waals surface area contributed by atoms with Crippen molar-refractivity contribution in [2.45, 2.75) is 71.0 Å². The number of hydrogen-bond donors (Lipinski definition) is 3. The third kappa shape index (κ3) is 4.81. The van der Waals surface area contributed by atoms with E-state index in [2.05, 4.69) is 43.6 Å². The minimum Gasteiger partial charge on any atom is -0.345 e. The molecule has 1 aromatic carbocycles. The molecule has 1 fully saturated rings. The number of aryl methyl sites for hydroxylation is 1. The molecule has 0 saturated carbocycles. The summed E-state index contributed by atoms with van der Waals surface area (Å²) in [5, 5.41) is 9.19. The first kappa shape index (κ1) is 18.5. The summed E-state index contributed by atoms with van der Waals surface area (Å²) in [5.41, 5.74) is 1.56. The molecule has 0 spiro atoms. The van der Waals surface area contributed by atoms with Gasteiger partial charge in [0.05, 0.1) is 0 Å². The van der Waals surface area contributed by atoms with Crippen molar-refractivity contribution in [2.24, 2.45) is 0 Å². The zero-order chi connectivity index (χ0) is 18.0. The molecule has 24 heavy (non-hydrogen) atoms. The summed E-state index contributed by atoms with van der Waals surface area (Å²) in [7, 11) is 0. The quantitative estimate of drug-likeness (QED) is 0.746. The standard InChI is InChI=1S/C19H29N3O2/c1-6-13-9-7-8-10-15(13)21-17(24)16(23)20-14-11-18(2,3)22-19(4,5)12-14/h7-10,14,22H,6,11-12H2,1-5H3,(H,20,23)(H,21,24). The predicted octanol–water partition coefficient (Wildman–Crippen LogP) is 2.61. The van der Waals surface area contributed by atoms with E-state index in [1.54, 1.807) is 0 Å². The molecule has 1 aliphatic rings. The second kappa shape index (κ2) is 6.93. The van der Waals surface area contributed by atoms with Crippen LogP contribution in [0.3, 0.4) is 0 Å². The van der Waals surface area contributed by atoms with Gasteiger partial charge in [-0.15, -0.1) is 0 Å². The lowest BCUT2D eigenvalue weighted by Gasteiger charge is -2.46. The highest BCUT2D eigenvalue weighted by Gasteiger charge is 2.38. The number of carbonyl (C=O) groups is 2. The van der Waals surface area contributed by atoms with Crippen LogP contribution in [0.25, 0.3) is 0 Å². The van der Waals surface area contributed by atoms with Gasteiger partial charge >= 0.3 is 11.8 Å². The van der Waals surface area contributed by atoms with Crippen LogP contribution in [0.15, 0.2) is 24.3 Å². The largest absolute Gasteiger partial charge is 0.345 e. The second-order valence-corrected chi connectivity index (χ2v) is 7.94. The lowest BCUT2D eigenvalue weighted by molar-refractivity contribution is -0.137. The number of anilines is 1. The number of nitrogens with one attached hydrogen (secondary N) is 3. The zero-order valence-electron chi connectivity index (χ0n) is 15.3. The third-order valence-electron chi connectivity index (χ3n) is 4.38. The van der Waals surface area contributed by atoms with Crippen molar-refractivity contribution in [3.8, 4) is 0 Å². The minimum atomic E-state index is -0.606. The maximum absolute atomic E-state index is 12.3. The molecule has 1 aromatic rings. The number of benzene rings is 1. The lowest BCUT2D eigenvalue weighted by atomic mass is 9.79. The van der Waals surface area contributed by atoms with Crippen LogP contribution in [-0.2, 0) is 16.0 Å². The first-order chi connectivity index (χ1) is 11.1. The summed E-state index contributed by atoms with van der Waals surface area (Å²) < 4.78 is 0. The molecule has 0 aliphatic carbocycles. The Morgan fingerprint density at radius 1 is 1.08 bits per heavy atom. The van der Waals surface area contributed by atoms with Crippen LogP contribution in [0.5, 0.6) is 0 Å². The van der Waals surface area contributed by atoms with Crippen molar-refractivity contribution in [1.29, 1.82) is 0 Å². The van der Waals surface area contributed by atoms with Gasteiger partial charge in [-0.3, -0.25) is 9.59 Å². The molecule has 2 amide bonds. The van der Waals surface area contributed by atoms with Crippen LogP contribution in [0.2, 0.25) is 0 Å². The fourth-order valence-corrected chi connectivity index (χ4v) is 3.80. The van der Waals surface area contributed by atoms with Crippen LogP contribution in [-0.4, -0.2) is 28.9 Å². The van der Waals surface area contributed by atoms with Gasteiger partial charge in [-0.2, -0.15) is 0 Å². The molecule has 1 heterocycles. The summed E-state index contributed by atoms with van der Waals surface area (Å²) in [6, 6.07) is 7.53. The van der Waals surface area contributed by atoms with E-state index < -0.39 is 11.8 Å². The molecule has 0 unspecified atom stereocenters. The molecule has 0 radical (unpaired) electrons. The average Bonchev–Trinajstić information content (AvgIpc) is 2.44. The topological polar surface area (TPSA) is 70.2 Å². The first-order valence-electron chi connectivity index (χ1n) is 8.61. The third-order valence-corrected chi connectivity index (χ3v) is 4.38. The summed E-state index contributed by atoms with van der Waals surface area (Å²) in [5.74, 6) is -1.18. The summed E-state index contributed by atoms with van der Waals surface area (Å²) in [6.07, 6.45) is 2.39. The van der Waals surface area contributed by atoms with Gasteiger partial charge in [0, 0.05) is 22.8 Å². The second-order valence-electron chi connectivity index (χ2n) is 7.94. The van der Waals surface area contributed by atoms with Crippen LogP contribution in [0.4, 0.5) is 5.69 Å². The Balaban J connectivity index is 2.00. The van der Waals surface area contributed by atoms with E-state index in [4.69, 9.17) is 0 Å². The molecule has 0 bridgehead atoms. The van der Waals surface area contributed by atoms with Crippen molar-refractivity contribution in [1.82, 2.24) is 10.6 Å². The van der Waals surface area contributed by atoms with Gasteiger partial charge in [0.2, 0.25) is 0 Å². The number of carbonyl (C=O) groups excluding carboxylic acids is 2. The van der Waals surface area contributed by atoms with E-state index >= 15 is 0 Å². The molecule has 0 aromatic heterocycles. The monoisotopic (exact) mass is 331 g/mol. The molecule has 132 valence electrons. The fourth-order valence-electron chi connectivity index (χ4n) is 3.80. The molecule has 0 atom stereocenters. The molecular weight excluding hydrogens is 302 g/mol. The van der Waals surface area contributed by atoms with Crippen molar-refractivity contribution >= 4 is 17.5 Å². The normalized spacial score (nSPS) is 19.5. The molecule has 1 saturated heterocycles. The highest BCUT2D eigenvalue weighted by molar-refractivity contribution is 6.39. The Kier molecular flexibility index (Phi) is 5.33. The smallest absolute Gasteiger partial charge is 0.313 e. The molecular formula is C19H29N3O2. The average molecular weight is 331 g/mol. The SMILES string of the molecule is CCc1ccccc1NC(=O)C(=O)NC1CC(C)(C)NC(C)(C)C1. The minimum absolute atomic E-state index is 0.0177. The first-order valence-corrected chi connectivity index (χ1v) is 8.61. The molecule has 5 nitrogen and oxygen atoms in total. The molecule has 2 rings (SSSR count). The van der Waals surface area contributed by atoms with E-state index in [1.165, 1.54) is 0 Å². The fraction of sp³-hybridized carbons (Fsp3) is 0.579. The van der Waals surface area contributed by atoms with Crippen LogP contribution in [0.1, 0.15) is 53.0 Å². The Labute approximate surface area is 144 Å². The van der Waals surface area contributed by atoms with E-state index in [0.29, 0.717) is 5.69 Å². The highest BCUT2D eigenvalue weighted by atomic mass is 16.2. The Morgan fingerprint density at radius 3 is 2.25 bits per heavy atom. The van der Waals surface area contributed by atoms with Crippen LogP contribution in [0, 0.1) is 0 Å². The number of para-hydroxylation sites is 1. The summed E-state index contributed by atoms with van der Waals surface area (Å²) in [6.45, 7) is 10.5. The van der Waals surface area contributed by atoms with Crippen molar-refractivity contribution in [3.05, 3.63) is 29.8 Å². The van der Waals surface area contributed by atoms with E-state index in [9.17, 15) is 9.59 Å². The number of rotatable bonds is 3. The maximum atomic E-state index is 12.3. The van der Waals surface area contributed by atoms with E-state index in [-0.39, 0.29) is 17.1 Å². The molecule has 5 heteroatoms. The Hall–Kier alpha value is -1.88. The van der Waals surface area contributed by atoms with Gasteiger partial charge in [0.15, 0.2) is 0 Å². The van der Waals surface area contributed by atoms with Crippen molar-refractivity contribution in [3.63, 3.8) is 0 Å². The zero-order valence-corrected chi connectivity index (χ0v) is 15.3. The highest BCUT2D eigenvalue weighted by Crippen LogP contribution is 2.28.